The summed E-state index contributed by atoms with van der Waals surface area (Å²) in [5.74, 6) is 0. The number of hydrogen-bond donors (Lipinski definition) is 1. The van der Waals surface area contributed by atoms with Gasteiger partial charge < -0.3 is 14.5 Å². The molecular weight excluding hydrogens is 338 g/mol. The Kier molecular flexibility index (Phi) is 6.45. The molecule has 0 aliphatic carbocycles. The Hall–Kier alpha value is -1.40. The highest BCUT2D eigenvalue weighted by atomic mass is 16.5. The third-order valence-electron chi connectivity index (χ3n) is 5.82. The molecule has 2 fully saturated rings. The number of H-pyrrole nitrogens is 1. The molecule has 2 saturated heterocycles. The van der Waals surface area contributed by atoms with Crippen molar-refractivity contribution >= 4 is 10.9 Å². The summed E-state index contributed by atoms with van der Waals surface area (Å²) in [5, 5.41) is 1.34. The van der Waals surface area contributed by atoms with Crippen molar-refractivity contribution in [2.24, 2.45) is 0 Å². The Morgan fingerprint density at radius 3 is 2.78 bits per heavy atom. The number of nitrogens with one attached hydrogen (secondary N) is 1. The lowest BCUT2D eigenvalue weighted by molar-refractivity contribution is 0.0444. The minimum atomic E-state index is 0.380. The molecule has 3 heterocycles. The topological polar surface area (TPSA) is 40.7 Å². The predicted molar refractivity (Wildman–Crippen MR) is 109 cm³/mol. The Morgan fingerprint density at radius 1 is 1.04 bits per heavy atom. The number of likely N-dealkylation sites (tertiary alicyclic amines) is 2. The third-order valence-corrected chi connectivity index (χ3v) is 5.82. The van der Waals surface area contributed by atoms with Crippen LogP contribution in [0.3, 0.4) is 0 Å². The number of aromatic amines is 1. The molecule has 0 bridgehead atoms. The smallest absolute Gasteiger partial charge is 0.0714 e. The fourth-order valence-corrected chi connectivity index (χ4v) is 4.40. The summed E-state index contributed by atoms with van der Waals surface area (Å²) in [7, 11) is 1.74. The summed E-state index contributed by atoms with van der Waals surface area (Å²) in [6, 6.07) is 9.20. The molecule has 27 heavy (non-hydrogen) atoms. The van der Waals surface area contributed by atoms with Gasteiger partial charge in [0.15, 0.2) is 0 Å². The van der Waals surface area contributed by atoms with Crippen LogP contribution in [0.15, 0.2) is 24.3 Å². The normalized spacial score (nSPS) is 21.6. The zero-order valence-corrected chi connectivity index (χ0v) is 16.6. The molecule has 1 N–H and O–H groups in total. The number of methoxy groups -OCH3 is 1. The van der Waals surface area contributed by atoms with E-state index in [2.05, 4.69) is 39.0 Å². The van der Waals surface area contributed by atoms with Gasteiger partial charge in [0.05, 0.1) is 6.10 Å². The number of nitrogens with zero attached hydrogens (tertiary/aromatic N) is 2. The minimum Gasteiger partial charge on any atom is -0.385 e. The van der Waals surface area contributed by atoms with Gasteiger partial charge in [0.1, 0.15) is 0 Å². The lowest BCUT2D eigenvalue weighted by atomic mass is 10.1. The van der Waals surface area contributed by atoms with Crippen LogP contribution in [-0.4, -0.2) is 67.4 Å². The average molecular weight is 372 g/mol. The summed E-state index contributed by atoms with van der Waals surface area (Å²) in [6.45, 7) is 8.31. The van der Waals surface area contributed by atoms with Crippen molar-refractivity contribution in [3.05, 3.63) is 35.5 Å². The molecule has 2 aliphatic heterocycles. The van der Waals surface area contributed by atoms with E-state index in [9.17, 15) is 0 Å². The standard InChI is InChI=1S/C22H33N3O2/c1-26-11-4-12-27-21-7-10-25(17-21)15-18-5-6-22-19(13-18)14-20(23-22)16-24-8-2-3-9-24/h5-6,13-14,21,23H,2-4,7-12,15-17H2,1H3/t21-/m0/s1. The van der Waals surface area contributed by atoms with E-state index in [0.29, 0.717) is 6.10 Å². The molecule has 5 nitrogen and oxygen atoms in total. The molecule has 5 heteroatoms. The highest BCUT2D eigenvalue weighted by molar-refractivity contribution is 5.81. The van der Waals surface area contributed by atoms with E-state index >= 15 is 0 Å². The highest BCUT2D eigenvalue weighted by Gasteiger charge is 2.23. The van der Waals surface area contributed by atoms with Gasteiger partial charge in [-0.3, -0.25) is 9.80 Å². The van der Waals surface area contributed by atoms with E-state index in [1.54, 1.807) is 7.11 Å². The van der Waals surface area contributed by atoms with Crippen LogP contribution in [-0.2, 0) is 22.6 Å². The van der Waals surface area contributed by atoms with Crippen LogP contribution in [0.2, 0.25) is 0 Å². The molecule has 1 atom stereocenters. The molecule has 0 unspecified atom stereocenters. The number of ether oxygens (including phenoxy) is 2. The average Bonchev–Trinajstić information content (AvgIpc) is 3.40. The van der Waals surface area contributed by atoms with E-state index in [1.165, 1.54) is 48.1 Å². The fraction of sp³-hybridized carbons (Fsp3) is 0.636. The Labute approximate surface area is 162 Å². The SMILES string of the molecule is COCCCO[C@H]1CCN(Cc2ccc3[nH]c(CN4CCCC4)cc3c2)C1. The van der Waals surface area contributed by atoms with Crippen molar-refractivity contribution in [2.45, 2.75) is 44.9 Å². The van der Waals surface area contributed by atoms with Crippen molar-refractivity contribution in [3.8, 4) is 0 Å². The summed E-state index contributed by atoms with van der Waals surface area (Å²) < 4.78 is 11.1. The first-order chi connectivity index (χ1) is 13.3. The van der Waals surface area contributed by atoms with Crippen LogP contribution in [0.4, 0.5) is 0 Å². The molecule has 1 aromatic carbocycles. The van der Waals surface area contributed by atoms with Gasteiger partial charge in [0.25, 0.3) is 0 Å². The number of fused-ring (bicyclic) bond motifs is 1. The summed E-state index contributed by atoms with van der Waals surface area (Å²) in [5.41, 5.74) is 4.00. The summed E-state index contributed by atoms with van der Waals surface area (Å²) in [6.07, 6.45) is 5.19. The van der Waals surface area contributed by atoms with E-state index in [-0.39, 0.29) is 0 Å². The molecule has 0 radical (unpaired) electrons. The molecule has 2 aliphatic rings. The zero-order chi connectivity index (χ0) is 18.5. The van der Waals surface area contributed by atoms with Crippen molar-refractivity contribution in [3.63, 3.8) is 0 Å². The molecule has 2 aromatic rings. The van der Waals surface area contributed by atoms with Gasteiger partial charge in [-0.25, -0.2) is 0 Å². The first kappa shape index (κ1) is 18.9. The van der Waals surface area contributed by atoms with Gasteiger partial charge in [-0.2, -0.15) is 0 Å². The fourth-order valence-electron chi connectivity index (χ4n) is 4.40. The number of hydrogen-bond acceptors (Lipinski definition) is 4. The molecule has 0 spiro atoms. The second-order valence-electron chi connectivity index (χ2n) is 8.06. The van der Waals surface area contributed by atoms with Crippen molar-refractivity contribution in [1.29, 1.82) is 0 Å². The van der Waals surface area contributed by atoms with Gasteiger partial charge >= 0.3 is 0 Å². The zero-order valence-electron chi connectivity index (χ0n) is 16.6. The lowest BCUT2D eigenvalue weighted by Gasteiger charge is -2.16. The second kappa shape index (κ2) is 9.20. The van der Waals surface area contributed by atoms with Crippen LogP contribution in [0.1, 0.15) is 36.9 Å². The number of aromatic nitrogens is 1. The molecule has 0 saturated carbocycles. The summed E-state index contributed by atoms with van der Waals surface area (Å²) >= 11 is 0. The Balaban J connectivity index is 1.30. The second-order valence-corrected chi connectivity index (χ2v) is 8.06. The van der Waals surface area contributed by atoms with Crippen LogP contribution in [0.25, 0.3) is 10.9 Å². The lowest BCUT2D eigenvalue weighted by Crippen LogP contribution is -2.23. The molecule has 148 valence electrons. The van der Waals surface area contributed by atoms with Gasteiger partial charge in [-0.1, -0.05) is 6.07 Å². The highest BCUT2D eigenvalue weighted by Crippen LogP contribution is 2.22. The maximum absolute atomic E-state index is 5.98. The van der Waals surface area contributed by atoms with E-state index in [4.69, 9.17) is 9.47 Å². The van der Waals surface area contributed by atoms with Crippen LogP contribution >= 0.6 is 0 Å². The van der Waals surface area contributed by atoms with Crippen molar-refractivity contribution < 1.29 is 9.47 Å². The van der Waals surface area contributed by atoms with Crippen LogP contribution < -0.4 is 0 Å². The van der Waals surface area contributed by atoms with Crippen LogP contribution in [0.5, 0.6) is 0 Å². The quantitative estimate of drug-likeness (QED) is 0.686. The maximum atomic E-state index is 5.98. The minimum absolute atomic E-state index is 0.380. The van der Waals surface area contributed by atoms with E-state index < -0.39 is 0 Å². The first-order valence-electron chi connectivity index (χ1n) is 10.5. The van der Waals surface area contributed by atoms with Crippen molar-refractivity contribution in [2.75, 3.05) is 46.5 Å². The molecule has 4 rings (SSSR count). The summed E-state index contributed by atoms with van der Waals surface area (Å²) in [4.78, 5) is 8.66. The molecular formula is C22H33N3O2. The Bertz CT molecular complexity index is 723. The van der Waals surface area contributed by atoms with Gasteiger partial charge in [0, 0.05) is 63.1 Å². The molecule has 1 aromatic heterocycles. The predicted octanol–water partition coefficient (Wildman–Crippen LogP) is 3.39. The van der Waals surface area contributed by atoms with E-state index in [0.717, 1.165) is 52.2 Å². The monoisotopic (exact) mass is 371 g/mol. The number of benzene rings is 1. The largest absolute Gasteiger partial charge is 0.385 e. The molecule has 0 amide bonds. The Morgan fingerprint density at radius 2 is 1.93 bits per heavy atom. The van der Waals surface area contributed by atoms with Gasteiger partial charge in [-0.15, -0.1) is 0 Å². The first-order valence-corrected chi connectivity index (χ1v) is 10.5. The van der Waals surface area contributed by atoms with Gasteiger partial charge in [0.2, 0.25) is 0 Å². The third kappa shape index (κ3) is 5.11. The maximum Gasteiger partial charge on any atom is 0.0714 e. The van der Waals surface area contributed by atoms with Gasteiger partial charge in [-0.05, 0) is 62.5 Å². The van der Waals surface area contributed by atoms with Crippen LogP contribution in [0, 0.1) is 0 Å². The van der Waals surface area contributed by atoms with Crippen molar-refractivity contribution in [1.82, 2.24) is 14.8 Å². The number of rotatable bonds is 9. The van der Waals surface area contributed by atoms with E-state index in [1.807, 2.05) is 0 Å².